The second-order valence-electron chi connectivity index (χ2n) is 6.39. The number of benzene rings is 5. The fraction of sp³-hybridized carbons (Fsp3) is 0. The first-order valence-electron chi connectivity index (χ1n) is 8.23. The molecule has 0 heterocycles. The fourth-order valence-electron chi connectivity index (χ4n) is 3.78. The summed E-state index contributed by atoms with van der Waals surface area (Å²) in [5, 5.41) is 16.5. The van der Waals surface area contributed by atoms with Crippen molar-refractivity contribution in [1.29, 1.82) is 5.26 Å². The quantitative estimate of drug-likeness (QED) is 0.235. The van der Waals surface area contributed by atoms with Gasteiger partial charge in [-0.15, -0.1) is 0 Å². The largest absolute Gasteiger partial charge is 0.192 e. The van der Waals surface area contributed by atoms with Crippen LogP contribution in [0.3, 0.4) is 0 Å². The van der Waals surface area contributed by atoms with Crippen LogP contribution in [0, 0.1) is 11.3 Å². The topological polar surface area (TPSA) is 23.8 Å². The SMILES string of the molecule is N#Cc1ccc(-c2cc(Br)c3ccc4ccc(Br)c5ccc2c3c45)cc1. The Kier molecular flexibility index (Phi) is 3.53. The lowest BCUT2D eigenvalue weighted by Gasteiger charge is -2.16. The van der Waals surface area contributed by atoms with E-state index in [-0.39, 0.29) is 0 Å². The smallest absolute Gasteiger partial charge is 0.0991 e. The normalized spacial score (nSPS) is 11.4. The zero-order valence-electron chi connectivity index (χ0n) is 13.6. The first-order chi connectivity index (χ1) is 12.7. The van der Waals surface area contributed by atoms with Gasteiger partial charge in [0, 0.05) is 8.95 Å². The molecule has 0 radical (unpaired) electrons. The molecule has 0 aliphatic heterocycles. The van der Waals surface area contributed by atoms with Gasteiger partial charge in [-0.3, -0.25) is 0 Å². The third-order valence-corrected chi connectivity index (χ3v) is 6.35. The van der Waals surface area contributed by atoms with Gasteiger partial charge in [-0.05, 0) is 67.7 Å². The Morgan fingerprint density at radius 3 is 2.08 bits per heavy atom. The molecular formula is C23H11Br2N. The number of halogens is 2. The van der Waals surface area contributed by atoms with E-state index in [9.17, 15) is 0 Å². The second-order valence-corrected chi connectivity index (χ2v) is 8.10. The Bertz CT molecular complexity index is 1350. The van der Waals surface area contributed by atoms with E-state index in [0.717, 1.165) is 14.5 Å². The molecule has 122 valence electrons. The van der Waals surface area contributed by atoms with Gasteiger partial charge in [0.2, 0.25) is 0 Å². The minimum Gasteiger partial charge on any atom is -0.192 e. The molecule has 1 nitrogen and oxygen atoms in total. The van der Waals surface area contributed by atoms with Gasteiger partial charge in [0.15, 0.2) is 0 Å². The fourth-order valence-corrected chi connectivity index (χ4v) is 4.80. The third kappa shape index (κ3) is 2.19. The highest BCUT2D eigenvalue weighted by atomic mass is 79.9. The molecule has 0 saturated heterocycles. The van der Waals surface area contributed by atoms with Crippen LogP contribution in [0.5, 0.6) is 0 Å². The molecule has 0 N–H and O–H groups in total. The maximum atomic E-state index is 9.06. The standard InChI is InChI=1S/C23H11Br2N/c24-20-10-6-15-5-7-18-21(25)11-19(14-3-1-13(12-26)2-4-14)16-8-9-17(20)22(15)23(16)18/h1-11H. The van der Waals surface area contributed by atoms with Crippen LogP contribution in [0.2, 0.25) is 0 Å². The summed E-state index contributed by atoms with van der Waals surface area (Å²) in [6.45, 7) is 0. The van der Waals surface area contributed by atoms with Crippen LogP contribution in [0.25, 0.3) is 43.4 Å². The molecule has 0 amide bonds. The Morgan fingerprint density at radius 1 is 0.654 bits per heavy atom. The average molecular weight is 461 g/mol. The summed E-state index contributed by atoms with van der Waals surface area (Å²) in [6, 6.07) is 25.2. The van der Waals surface area contributed by atoms with Gasteiger partial charge >= 0.3 is 0 Å². The van der Waals surface area contributed by atoms with Crippen molar-refractivity contribution in [2.24, 2.45) is 0 Å². The lowest BCUT2D eigenvalue weighted by molar-refractivity contribution is 1.48. The molecule has 0 unspecified atom stereocenters. The van der Waals surface area contributed by atoms with Gasteiger partial charge in [-0.25, -0.2) is 0 Å². The molecule has 0 spiro atoms. The maximum absolute atomic E-state index is 9.06. The van der Waals surface area contributed by atoms with E-state index in [4.69, 9.17) is 5.26 Å². The molecule has 5 aromatic rings. The Hall–Kier alpha value is -2.41. The van der Waals surface area contributed by atoms with E-state index < -0.39 is 0 Å². The molecule has 5 aromatic carbocycles. The minimum atomic E-state index is 0.675. The first-order valence-corrected chi connectivity index (χ1v) is 9.82. The Labute approximate surface area is 167 Å². The van der Waals surface area contributed by atoms with Gasteiger partial charge < -0.3 is 0 Å². The van der Waals surface area contributed by atoms with Crippen LogP contribution >= 0.6 is 31.9 Å². The van der Waals surface area contributed by atoms with Crippen molar-refractivity contribution in [3.05, 3.63) is 81.2 Å². The van der Waals surface area contributed by atoms with E-state index in [1.807, 2.05) is 24.3 Å². The molecule has 5 rings (SSSR count). The maximum Gasteiger partial charge on any atom is 0.0991 e. The highest BCUT2D eigenvalue weighted by Gasteiger charge is 2.15. The summed E-state index contributed by atoms with van der Waals surface area (Å²) in [7, 11) is 0. The summed E-state index contributed by atoms with van der Waals surface area (Å²) in [5.41, 5.74) is 2.96. The summed E-state index contributed by atoms with van der Waals surface area (Å²) in [5.74, 6) is 0. The Balaban J connectivity index is 1.96. The van der Waals surface area contributed by atoms with Gasteiger partial charge in [-0.1, -0.05) is 74.3 Å². The third-order valence-electron chi connectivity index (χ3n) is 5.00. The highest BCUT2D eigenvalue weighted by Crippen LogP contribution is 2.43. The van der Waals surface area contributed by atoms with Crippen molar-refractivity contribution in [3.8, 4) is 17.2 Å². The number of nitriles is 1. The average Bonchev–Trinajstić information content (AvgIpc) is 2.68. The molecule has 0 aliphatic rings. The van der Waals surface area contributed by atoms with E-state index in [2.05, 4.69) is 80.4 Å². The van der Waals surface area contributed by atoms with Gasteiger partial charge in [-0.2, -0.15) is 5.26 Å². The number of nitrogens with zero attached hydrogens (tertiary/aromatic N) is 1. The molecule has 0 fully saturated rings. The monoisotopic (exact) mass is 459 g/mol. The highest BCUT2D eigenvalue weighted by molar-refractivity contribution is 9.11. The van der Waals surface area contributed by atoms with Crippen molar-refractivity contribution in [3.63, 3.8) is 0 Å². The summed E-state index contributed by atoms with van der Waals surface area (Å²) >= 11 is 7.47. The lowest BCUT2D eigenvalue weighted by atomic mass is 9.90. The molecule has 26 heavy (non-hydrogen) atoms. The predicted molar refractivity (Wildman–Crippen MR) is 116 cm³/mol. The van der Waals surface area contributed by atoms with E-state index >= 15 is 0 Å². The van der Waals surface area contributed by atoms with Gasteiger partial charge in [0.05, 0.1) is 11.6 Å². The molecule has 0 bridgehead atoms. The lowest BCUT2D eigenvalue weighted by Crippen LogP contribution is -1.89. The van der Waals surface area contributed by atoms with Gasteiger partial charge in [0.25, 0.3) is 0 Å². The van der Waals surface area contributed by atoms with Crippen molar-refractivity contribution in [2.45, 2.75) is 0 Å². The van der Waals surface area contributed by atoms with Gasteiger partial charge in [0.1, 0.15) is 0 Å². The summed E-state index contributed by atoms with van der Waals surface area (Å²) < 4.78 is 2.19. The zero-order valence-corrected chi connectivity index (χ0v) is 16.7. The molecule has 3 heteroatoms. The van der Waals surface area contributed by atoms with E-state index in [0.29, 0.717) is 5.56 Å². The second kappa shape index (κ2) is 5.81. The summed E-state index contributed by atoms with van der Waals surface area (Å²) in [6.07, 6.45) is 0. The van der Waals surface area contributed by atoms with Crippen molar-refractivity contribution in [1.82, 2.24) is 0 Å². The zero-order chi connectivity index (χ0) is 17.8. The van der Waals surface area contributed by atoms with Crippen LogP contribution in [0.1, 0.15) is 5.56 Å². The van der Waals surface area contributed by atoms with Crippen LogP contribution in [-0.2, 0) is 0 Å². The molecule has 0 aromatic heterocycles. The van der Waals surface area contributed by atoms with Crippen molar-refractivity contribution in [2.75, 3.05) is 0 Å². The number of hydrogen-bond donors (Lipinski definition) is 0. The minimum absolute atomic E-state index is 0.675. The van der Waals surface area contributed by atoms with Crippen molar-refractivity contribution < 1.29 is 0 Å². The van der Waals surface area contributed by atoms with Crippen LogP contribution in [0.4, 0.5) is 0 Å². The Morgan fingerprint density at radius 2 is 1.31 bits per heavy atom. The van der Waals surface area contributed by atoms with Crippen LogP contribution in [0.15, 0.2) is 75.7 Å². The van der Waals surface area contributed by atoms with Crippen LogP contribution in [-0.4, -0.2) is 0 Å². The molecule has 0 atom stereocenters. The molecule has 0 saturated carbocycles. The number of rotatable bonds is 1. The first kappa shape index (κ1) is 15.8. The molecular weight excluding hydrogens is 450 g/mol. The van der Waals surface area contributed by atoms with Crippen LogP contribution < -0.4 is 0 Å². The molecule has 0 aliphatic carbocycles. The van der Waals surface area contributed by atoms with E-state index in [1.54, 1.807) is 0 Å². The van der Waals surface area contributed by atoms with Crippen molar-refractivity contribution >= 4 is 64.2 Å². The number of hydrogen-bond acceptors (Lipinski definition) is 1. The van der Waals surface area contributed by atoms with E-state index in [1.165, 1.54) is 37.9 Å². The predicted octanol–water partition coefficient (Wildman–Crippen LogP) is 7.65. The summed E-state index contributed by atoms with van der Waals surface area (Å²) in [4.78, 5) is 0.